The molecule has 0 bridgehead atoms. The van der Waals surface area contributed by atoms with E-state index in [1.165, 1.54) is 0 Å². The fourth-order valence-corrected chi connectivity index (χ4v) is 2.04. The van der Waals surface area contributed by atoms with Crippen molar-refractivity contribution in [3.8, 4) is 11.4 Å². The van der Waals surface area contributed by atoms with Crippen LogP contribution in [0.15, 0.2) is 29.0 Å². The Bertz CT molecular complexity index is 568. The lowest BCUT2D eigenvalue weighted by Crippen LogP contribution is -2.32. The molecule has 21 heavy (non-hydrogen) atoms. The van der Waals surface area contributed by atoms with Gasteiger partial charge in [-0.15, -0.1) is 0 Å². The second-order valence-electron chi connectivity index (χ2n) is 5.01. The molecule has 1 N–H and O–H groups in total. The average molecular weight is 288 g/mol. The fraction of sp³-hybridized carbons (Fsp3) is 0.467. The highest BCUT2D eigenvalue weighted by atomic mass is 16.5. The largest absolute Gasteiger partial charge is 0.354 e. The van der Waals surface area contributed by atoms with Crippen LogP contribution in [0.1, 0.15) is 39.0 Å². The van der Waals surface area contributed by atoms with Gasteiger partial charge in [-0.1, -0.05) is 18.5 Å². The summed E-state index contributed by atoms with van der Waals surface area (Å²) in [5, 5.41) is 6.85. The Morgan fingerprint density at radius 2 is 2.33 bits per heavy atom. The molecule has 0 spiro atoms. The lowest BCUT2D eigenvalue weighted by atomic mass is 10.2. The van der Waals surface area contributed by atoms with E-state index in [0.29, 0.717) is 24.6 Å². The van der Waals surface area contributed by atoms with Gasteiger partial charge in [0.1, 0.15) is 0 Å². The van der Waals surface area contributed by atoms with Crippen LogP contribution in [0.4, 0.5) is 0 Å². The molecule has 6 nitrogen and oxygen atoms in total. The number of aryl methyl sites for hydroxylation is 1. The van der Waals surface area contributed by atoms with Crippen molar-refractivity contribution in [3.05, 3.63) is 30.4 Å². The van der Waals surface area contributed by atoms with Gasteiger partial charge in [-0.05, 0) is 25.5 Å². The third-order valence-electron chi connectivity index (χ3n) is 3.08. The monoisotopic (exact) mass is 288 g/mol. The van der Waals surface area contributed by atoms with Gasteiger partial charge in [0, 0.05) is 36.8 Å². The minimum absolute atomic E-state index is 0.0112. The lowest BCUT2D eigenvalue weighted by molar-refractivity contribution is -0.121. The minimum atomic E-state index is 0.0112. The summed E-state index contributed by atoms with van der Waals surface area (Å²) in [5.41, 5.74) is 0.800. The zero-order valence-corrected chi connectivity index (χ0v) is 12.4. The first-order chi connectivity index (χ1) is 10.2. The molecule has 0 radical (unpaired) electrons. The molecule has 1 amide bonds. The summed E-state index contributed by atoms with van der Waals surface area (Å²) in [6.45, 7) is 4.11. The predicted octanol–water partition coefficient (Wildman–Crippen LogP) is 2.37. The van der Waals surface area contributed by atoms with Crippen molar-refractivity contribution in [1.29, 1.82) is 0 Å². The second kappa shape index (κ2) is 7.52. The van der Waals surface area contributed by atoms with Crippen molar-refractivity contribution in [2.75, 3.05) is 0 Å². The number of carbonyl (C=O) groups excluding carboxylic acids is 1. The summed E-state index contributed by atoms with van der Waals surface area (Å²) < 4.78 is 5.15. The molecule has 0 aliphatic rings. The van der Waals surface area contributed by atoms with Crippen LogP contribution in [0.2, 0.25) is 0 Å². The summed E-state index contributed by atoms with van der Waals surface area (Å²) in [5.74, 6) is 0.974. The fourth-order valence-electron chi connectivity index (χ4n) is 2.04. The van der Waals surface area contributed by atoms with E-state index >= 15 is 0 Å². The maximum absolute atomic E-state index is 11.8. The van der Waals surface area contributed by atoms with Crippen molar-refractivity contribution in [2.24, 2.45) is 0 Å². The van der Waals surface area contributed by atoms with E-state index in [0.717, 1.165) is 18.4 Å². The molecule has 2 aromatic heterocycles. The molecular formula is C15H20N4O2. The molecule has 0 aliphatic carbocycles. The number of amides is 1. The molecule has 112 valence electrons. The van der Waals surface area contributed by atoms with Gasteiger partial charge in [0.15, 0.2) is 0 Å². The minimum Gasteiger partial charge on any atom is -0.354 e. The van der Waals surface area contributed by atoms with E-state index < -0.39 is 0 Å². The van der Waals surface area contributed by atoms with E-state index in [1.54, 1.807) is 12.4 Å². The molecule has 0 saturated heterocycles. The van der Waals surface area contributed by atoms with E-state index in [2.05, 4.69) is 27.4 Å². The molecule has 0 aromatic carbocycles. The van der Waals surface area contributed by atoms with Crippen LogP contribution in [0.3, 0.4) is 0 Å². The normalized spacial score (nSPS) is 12.1. The van der Waals surface area contributed by atoms with Crippen LogP contribution in [0.5, 0.6) is 0 Å². The Labute approximate surface area is 124 Å². The standard InChI is InChI=1S/C15H20N4O2/c1-3-5-11(2)17-13(20)7-8-14-18-15(19-21-14)12-6-4-9-16-10-12/h4,6,9-11H,3,5,7-8H2,1-2H3,(H,17,20)/t11-/m0/s1. The molecule has 0 fully saturated rings. The van der Waals surface area contributed by atoms with Crippen LogP contribution in [0, 0.1) is 0 Å². The van der Waals surface area contributed by atoms with E-state index in [4.69, 9.17) is 4.52 Å². The maximum Gasteiger partial charge on any atom is 0.227 e. The number of aromatic nitrogens is 3. The van der Waals surface area contributed by atoms with Gasteiger partial charge in [-0.3, -0.25) is 9.78 Å². The average Bonchev–Trinajstić information content (AvgIpc) is 2.95. The second-order valence-corrected chi connectivity index (χ2v) is 5.01. The Morgan fingerprint density at radius 1 is 1.48 bits per heavy atom. The van der Waals surface area contributed by atoms with Gasteiger partial charge < -0.3 is 9.84 Å². The Balaban J connectivity index is 1.84. The number of rotatable bonds is 7. The van der Waals surface area contributed by atoms with Gasteiger partial charge in [-0.2, -0.15) is 4.98 Å². The first-order valence-electron chi connectivity index (χ1n) is 7.21. The molecule has 0 aliphatic heterocycles. The Morgan fingerprint density at radius 3 is 3.05 bits per heavy atom. The third kappa shape index (κ3) is 4.66. The zero-order chi connectivity index (χ0) is 15.1. The first-order valence-corrected chi connectivity index (χ1v) is 7.21. The highest BCUT2D eigenvalue weighted by molar-refractivity contribution is 5.76. The van der Waals surface area contributed by atoms with Crippen molar-refractivity contribution in [2.45, 2.75) is 45.6 Å². The Hall–Kier alpha value is -2.24. The zero-order valence-electron chi connectivity index (χ0n) is 12.4. The summed E-state index contributed by atoms with van der Waals surface area (Å²) in [4.78, 5) is 20.0. The van der Waals surface area contributed by atoms with Crippen LogP contribution in [0.25, 0.3) is 11.4 Å². The van der Waals surface area contributed by atoms with Gasteiger partial charge in [0.2, 0.25) is 17.6 Å². The maximum atomic E-state index is 11.8. The number of hydrogen-bond donors (Lipinski definition) is 1. The molecule has 1 atom stereocenters. The summed E-state index contributed by atoms with van der Waals surface area (Å²) in [7, 11) is 0. The summed E-state index contributed by atoms with van der Waals surface area (Å²) >= 11 is 0. The van der Waals surface area contributed by atoms with Crippen molar-refractivity contribution in [3.63, 3.8) is 0 Å². The molecule has 2 aromatic rings. The van der Waals surface area contributed by atoms with E-state index in [1.807, 2.05) is 19.1 Å². The summed E-state index contributed by atoms with van der Waals surface area (Å²) in [6.07, 6.45) is 6.19. The van der Waals surface area contributed by atoms with Gasteiger partial charge in [0.05, 0.1) is 0 Å². The number of nitrogens with zero attached hydrogens (tertiary/aromatic N) is 3. The molecule has 2 rings (SSSR count). The topological polar surface area (TPSA) is 80.9 Å². The highest BCUT2D eigenvalue weighted by Crippen LogP contribution is 2.14. The number of nitrogens with one attached hydrogen (secondary N) is 1. The molecule has 0 saturated carbocycles. The highest BCUT2D eigenvalue weighted by Gasteiger charge is 2.11. The smallest absolute Gasteiger partial charge is 0.227 e. The summed E-state index contributed by atoms with van der Waals surface area (Å²) in [6, 6.07) is 3.88. The van der Waals surface area contributed by atoms with Gasteiger partial charge >= 0.3 is 0 Å². The SMILES string of the molecule is CCC[C@H](C)NC(=O)CCc1nc(-c2cccnc2)no1. The molecule has 0 unspecified atom stereocenters. The molecule has 2 heterocycles. The van der Waals surface area contributed by atoms with Crippen LogP contribution in [-0.2, 0) is 11.2 Å². The lowest BCUT2D eigenvalue weighted by Gasteiger charge is -2.11. The Kier molecular flexibility index (Phi) is 5.43. The van der Waals surface area contributed by atoms with Crippen LogP contribution < -0.4 is 5.32 Å². The number of pyridine rings is 1. The number of carbonyl (C=O) groups is 1. The predicted molar refractivity (Wildman–Crippen MR) is 78.4 cm³/mol. The van der Waals surface area contributed by atoms with Gasteiger partial charge in [0.25, 0.3) is 0 Å². The van der Waals surface area contributed by atoms with Gasteiger partial charge in [-0.25, -0.2) is 0 Å². The first kappa shape index (κ1) is 15.2. The molecular weight excluding hydrogens is 268 g/mol. The number of hydrogen-bond acceptors (Lipinski definition) is 5. The van der Waals surface area contributed by atoms with Crippen molar-refractivity contribution in [1.82, 2.24) is 20.4 Å². The van der Waals surface area contributed by atoms with E-state index in [-0.39, 0.29) is 11.9 Å². The van der Waals surface area contributed by atoms with Crippen molar-refractivity contribution < 1.29 is 9.32 Å². The quantitative estimate of drug-likeness (QED) is 0.846. The van der Waals surface area contributed by atoms with Crippen LogP contribution in [-0.4, -0.2) is 27.1 Å². The molecule has 6 heteroatoms. The van der Waals surface area contributed by atoms with E-state index in [9.17, 15) is 4.79 Å². The van der Waals surface area contributed by atoms with Crippen molar-refractivity contribution >= 4 is 5.91 Å². The van der Waals surface area contributed by atoms with Crippen LogP contribution >= 0.6 is 0 Å². The third-order valence-corrected chi connectivity index (χ3v) is 3.08.